The molecular weight excluding hydrogens is 892 g/mol. The minimum Gasteiger partial charge on any atom is -0.376 e. The van der Waals surface area contributed by atoms with E-state index in [1.54, 1.807) is 29.6 Å². The van der Waals surface area contributed by atoms with Gasteiger partial charge in [-0.3, -0.25) is 38.5 Å². The number of hydrogen-bond donors (Lipinski definition) is 1. The first-order chi connectivity index (χ1) is 33.2. The average Bonchev–Trinajstić information content (AvgIpc) is 4.02. The normalized spacial score (nSPS) is 21.9. The van der Waals surface area contributed by atoms with Crippen LogP contribution in [-0.2, 0) is 40.6 Å². The standard InChI is InChI=1S/C50H60F3N11O5/c1-33(46-56-54-32-57(46)2)36-5-3-6-39(24-36)62-31-44-42(50(51,52)53)23-35(28-64(44)49(62)68)27-60-14-4-7-40(30-60)69-22-21-58-15-12-34(13-16-58)26-59-17-19-61(20-18-59)38-8-9-41-37(25-38)29-63(48(41)67)43-10-11-45(65)55-47(43)66/h3,5-6,8-9,23-25,28,31-34,40,43H,4,7,10-22,26-27,29-30H2,1-2H3,(H,55,65,66)/t33-,40+,43?/m1/s1. The number of anilines is 1. The molecule has 0 radical (unpaired) electrons. The number of alkyl halides is 3. The lowest BCUT2D eigenvalue weighted by Crippen LogP contribution is -2.52. The molecule has 69 heavy (non-hydrogen) atoms. The zero-order valence-corrected chi connectivity index (χ0v) is 39.2. The molecule has 8 heterocycles. The number of pyridine rings is 1. The smallest absolute Gasteiger partial charge is 0.376 e. The maximum absolute atomic E-state index is 14.6. The number of hydrogen-bond acceptors (Lipinski definition) is 11. The van der Waals surface area contributed by atoms with Crippen LogP contribution in [-0.4, -0.2) is 145 Å². The molecule has 0 spiro atoms. The van der Waals surface area contributed by atoms with Gasteiger partial charge in [0.1, 0.15) is 18.2 Å². The lowest BCUT2D eigenvalue weighted by atomic mass is 9.96. The zero-order valence-electron chi connectivity index (χ0n) is 39.2. The van der Waals surface area contributed by atoms with Crippen molar-refractivity contribution in [3.05, 3.63) is 111 Å². The average molecular weight is 952 g/mol. The highest BCUT2D eigenvalue weighted by atomic mass is 19.4. The van der Waals surface area contributed by atoms with Crippen molar-refractivity contribution in [2.24, 2.45) is 13.0 Å². The van der Waals surface area contributed by atoms with Gasteiger partial charge in [-0.05, 0) is 111 Å². The van der Waals surface area contributed by atoms with Crippen LogP contribution < -0.4 is 15.9 Å². The number of aryl methyl sites for hydroxylation is 1. The molecule has 3 aromatic heterocycles. The largest absolute Gasteiger partial charge is 0.418 e. The zero-order chi connectivity index (χ0) is 48.0. The first-order valence-corrected chi connectivity index (χ1v) is 24.3. The Morgan fingerprint density at radius 2 is 1.68 bits per heavy atom. The predicted molar refractivity (Wildman–Crippen MR) is 251 cm³/mol. The fourth-order valence-corrected chi connectivity index (χ4v) is 11.1. The van der Waals surface area contributed by atoms with Gasteiger partial charge in [-0.15, -0.1) is 10.2 Å². The molecule has 19 heteroatoms. The number of fused-ring (bicyclic) bond motifs is 2. The van der Waals surface area contributed by atoms with Gasteiger partial charge in [-0.2, -0.15) is 13.2 Å². The van der Waals surface area contributed by atoms with Crippen LogP contribution >= 0.6 is 0 Å². The molecule has 4 fully saturated rings. The number of benzene rings is 2. The van der Waals surface area contributed by atoms with Crippen molar-refractivity contribution in [2.75, 3.05) is 77.0 Å². The van der Waals surface area contributed by atoms with Crippen LogP contribution in [0.4, 0.5) is 18.9 Å². The summed E-state index contributed by atoms with van der Waals surface area (Å²) in [7, 11) is 1.85. The van der Waals surface area contributed by atoms with E-state index in [-0.39, 0.29) is 42.3 Å². The first-order valence-electron chi connectivity index (χ1n) is 24.3. The monoisotopic (exact) mass is 951 g/mol. The minimum absolute atomic E-state index is 0.0207. The van der Waals surface area contributed by atoms with Crippen LogP contribution in [0.15, 0.2) is 72.0 Å². The van der Waals surface area contributed by atoms with Gasteiger partial charge in [-0.1, -0.05) is 19.1 Å². The van der Waals surface area contributed by atoms with Gasteiger partial charge in [0.05, 0.1) is 29.5 Å². The van der Waals surface area contributed by atoms with E-state index in [9.17, 15) is 32.3 Å². The van der Waals surface area contributed by atoms with Gasteiger partial charge in [0.15, 0.2) is 0 Å². The number of nitrogens with zero attached hydrogens (tertiary/aromatic N) is 10. The summed E-state index contributed by atoms with van der Waals surface area (Å²) in [5, 5.41) is 10.5. The number of nitrogens with one attached hydrogen (secondary N) is 1. The van der Waals surface area contributed by atoms with Crippen LogP contribution in [0.1, 0.15) is 89.8 Å². The number of ether oxygens (including phenoxy) is 1. The summed E-state index contributed by atoms with van der Waals surface area (Å²) >= 11 is 0. The third kappa shape index (κ3) is 9.96. The van der Waals surface area contributed by atoms with Gasteiger partial charge >= 0.3 is 11.9 Å². The molecule has 5 aliphatic rings. The van der Waals surface area contributed by atoms with E-state index in [4.69, 9.17) is 4.74 Å². The molecule has 1 unspecified atom stereocenters. The molecule has 2 aromatic carbocycles. The number of aromatic nitrogens is 5. The first kappa shape index (κ1) is 46.8. The van der Waals surface area contributed by atoms with Crippen molar-refractivity contribution in [3.63, 3.8) is 0 Å². The number of carbonyl (C=O) groups excluding carboxylic acids is 3. The van der Waals surface area contributed by atoms with E-state index in [1.165, 1.54) is 16.8 Å². The minimum atomic E-state index is -4.66. The van der Waals surface area contributed by atoms with E-state index in [2.05, 4.69) is 41.2 Å². The molecule has 16 nitrogen and oxygen atoms in total. The van der Waals surface area contributed by atoms with Gasteiger partial charge < -0.3 is 24.0 Å². The number of piperidine rings is 3. The van der Waals surface area contributed by atoms with Gasteiger partial charge in [0, 0.05) is 102 Å². The fraction of sp³-hybridized carbons (Fsp3) is 0.520. The molecule has 1 N–H and O–H groups in total. The molecule has 10 rings (SSSR count). The molecule has 3 atom stereocenters. The number of likely N-dealkylation sites (tertiary alicyclic amines) is 2. The Morgan fingerprint density at radius 3 is 2.43 bits per heavy atom. The van der Waals surface area contributed by atoms with E-state index in [0.29, 0.717) is 48.8 Å². The summed E-state index contributed by atoms with van der Waals surface area (Å²) < 4.78 is 54.5. The van der Waals surface area contributed by atoms with Crippen LogP contribution in [0, 0.1) is 5.92 Å². The Labute approximate surface area is 398 Å². The summed E-state index contributed by atoms with van der Waals surface area (Å²) in [6.45, 7) is 12.3. The third-order valence-electron chi connectivity index (χ3n) is 15.0. The van der Waals surface area contributed by atoms with E-state index < -0.39 is 29.4 Å². The number of carbonyl (C=O) groups is 3. The maximum Gasteiger partial charge on any atom is 0.418 e. The molecule has 366 valence electrons. The van der Waals surface area contributed by atoms with Crippen molar-refractivity contribution in [2.45, 2.75) is 82.8 Å². The highest BCUT2D eigenvalue weighted by Gasteiger charge is 2.40. The Morgan fingerprint density at radius 1 is 0.870 bits per heavy atom. The van der Waals surface area contributed by atoms with Crippen molar-refractivity contribution >= 4 is 28.9 Å². The summed E-state index contributed by atoms with van der Waals surface area (Å²) in [6, 6.07) is 13.8. The second kappa shape index (κ2) is 19.5. The Hall–Kier alpha value is -5.89. The van der Waals surface area contributed by atoms with E-state index >= 15 is 0 Å². The second-order valence-corrected chi connectivity index (χ2v) is 19.6. The topological polar surface area (TPSA) is 146 Å². The lowest BCUT2D eigenvalue weighted by molar-refractivity contribution is -0.137. The maximum atomic E-state index is 14.6. The third-order valence-corrected chi connectivity index (χ3v) is 15.0. The van der Waals surface area contributed by atoms with Crippen molar-refractivity contribution < 1.29 is 32.3 Å². The van der Waals surface area contributed by atoms with Crippen LogP contribution in [0.2, 0.25) is 0 Å². The van der Waals surface area contributed by atoms with Crippen molar-refractivity contribution in [3.8, 4) is 5.69 Å². The molecule has 0 bridgehead atoms. The predicted octanol–water partition coefficient (Wildman–Crippen LogP) is 4.67. The number of piperazine rings is 1. The summed E-state index contributed by atoms with van der Waals surface area (Å²) in [6.07, 6.45) is 4.37. The summed E-state index contributed by atoms with van der Waals surface area (Å²) in [4.78, 5) is 62.3. The van der Waals surface area contributed by atoms with Crippen LogP contribution in [0.3, 0.4) is 0 Å². The Balaban J connectivity index is 0.675. The lowest BCUT2D eigenvalue weighted by Gasteiger charge is -2.40. The molecular formula is C50H60F3N11O5. The Bertz CT molecular complexity index is 2770. The number of rotatable bonds is 13. The quantitative estimate of drug-likeness (QED) is 0.165. The van der Waals surface area contributed by atoms with E-state index in [1.807, 2.05) is 42.8 Å². The molecule has 4 saturated heterocycles. The number of halogens is 3. The summed E-state index contributed by atoms with van der Waals surface area (Å²) in [5.74, 6) is 0.365. The Kier molecular flexibility index (Phi) is 13.2. The number of imidazole rings is 1. The van der Waals surface area contributed by atoms with Crippen LogP contribution in [0.5, 0.6) is 0 Å². The molecule has 0 aliphatic carbocycles. The SMILES string of the molecule is C[C@H](c1cccc(-n2cc3c(C(F)(F)F)cc(CN4CCC[C@H](OCCN5CCC(CN6CCN(c7ccc8c(c7)CN(C7CCC(=O)NC7=O)C8=O)CC6)CC5)C4)cn3c2=O)c1)c1nncn1C. The van der Waals surface area contributed by atoms with Gasteiger partial charge in [0.25, 0.3) is 5.91 Å². The second-order valence-electron chi connectivity index (χ2n) is 19.6. The number of imide groups is 1. The number of amides is 3. The molecule has 0 saturated carbocycles. The van der Waals surface area contributed by atoms with Gasteiger partial charge in [0.2, 0.25) is 11.8 Å². The molecule has 5 aliphatic heterocycles. The van der Waals surface area contributed by atoms with E-state index in [0.717, 1.165) is 112 Å². The van der Waals surface area contributed by atoms with Crippen molar-refractivity contribution in [1.82, 2.24) is 48.6 Å². The van der Waals surface area contributed by atoms with Crippen LogP contribution in [0.25, 0.3) is 11.2 Å². The fourth-order valence-electron chi connectivity index (χ4n) is 11.1. The highest BCUT2D eigenvalue weighted by molar-refractivity contribution is 6.05. The molecule has 5 aromatic rings. The summed E-state index contributed by atoms with van der Waals surface area (Å²) in [5.41, 5.74) is 2.79. The van der Waals surface area contributed by atoms with Gasteiger partial charge in [-0.25, -0.2) is 4.79 Å². The van der Waals surface area contributed by atoms with Crippen molar-refractivity contribution in [1.29, 1.82) is 0 Å². The highest BCUT2D eigenvalue weighted by Crippen LogP contribution is 2.35. The molecule has 3 amide bonds.